The van der Waals surface area contributed by atoms with Crippen molar-refractivity contribution in [3.63, 3.8) is 0 Å². The highest BCUT2D eigenvalue weighted by molar-refractivity contribution is 7.17. The number of fused-ring (bicyclic) bond motifs is 1. The highest BCUT2D eigenvalue weighted by Crippen LogP contribution is 2.31. The summed E-state index contributed by atoms with van der Waals surface area (Å²) in [6.45, 7) is 6.38. The molecule has 22 heavy (non-hydrogen) atoms. The molecule has 1 saturated heterocycles. The quantitative estimate of drug-likeness (QED) is 0.630. The van der Waals surface area contributed by atoms with E-state index in [1.54, 1.807) is 0 Å². The number of unbranched alkanes of at least 4 members (excludes halogenated alkanes) is 1. The van der Waals surface area contributed by atoms with E-state index in [1.807, 2.05) is 11.3 Å². The van der Waals surface area contributed by atoms with Crippen LogP contribution < -0.4 is 10.2 Å². The number of rotatable bonds is 7. The molecule has 118 valence electrons. The van der Waals surface area contributed by atoms with Crippen LogP contribution in [0.4, 0.5) is 5.69 Å². The Morgan fingerprint density at radius 1 is 1.14 bits per heavy atom. The van der Waals surface area contributed by atoms with Gasteiger partial charge in [-0.3, -0.25) is 9.69 Å². The number of nitrogens with zero attached hydrogens (tertiary/aromatic N) is 2. The van der Waals surface area contributed by atoms with Crippen LogP contribution in [0.25, 0.3) is 10.1 Å². The molecular formula is C17H23N3OS. The number of benzene rings is 1. The van der Waals surface area contributed by atoms with Crippen LogP contribution in [0.5, 0.6) is 0 Å². The molecule has 1 aromatic carbocycles. The zero-order valence-corrected chi connectivity index (χ0v) is 13.6. The molecule has 0 spiro atoms. The first-order chi connectivity index (χ1) is 10.9. The normalized spacial score (nSPS) is 16.1. The molecule has 1 aliphatic rings. The number of thiophene rings is 1. The molecule has 1 aliphatic heterocycles. The van der Waals surface area contributed by atoms with Crippen LogP contribution in [0.2, 0.25) is 0 Å². The molecule has 1 N–H and O–H groups in total. The van der Waals surface area contributed by atoms with Gasteiger partial charge in [0, 0.05) is 48.5 Å². The Bertz CT molecular complexity index is 605. The van der Waals surface area contributed by atoms with Gasteiger partial charge in [-0.1, -0.05) is 6.07 Å². The van der Waals surface area contributed by atoms with Crippen LogP contribution in [0.1, 0.15) is 12.8 Å². The fraction of sp³-hybridized carbons (Fsp3) is 0.471. The molecule has 0 atom stereocenters. The van der Waals surface area contributed by atoms with E-state index in [0.29, 0.717) is 0 Å². The van der Waals surface area contributed by atoms with E-state index < -0.39 is 0 Å². The number of anilines is 1. The summed E-state index contributed by atoms with van der Waals surface area (Å²) in [7, 11) is 0. The lowest BCUT2D eigenvalue weighted by atomic mass is 10.2. The van der Waals surface area contributed by atoms with Crippen LogP contribution in [-0.2, 0) is 4.79 Å². The molecule has 0 aliphatic carbocycles. The van der Waals surface area contributed by atoms with Crippen LogP contribution in [0.15, 0.2) is 29.6 Å². The fourth-order valence-electron chi connectivity index (χ4n) is 3.09. The second-order valence-corrected chi connectivity index (χ2v) is 6.67. The van der Waals surface area contributed by atoms with Crippen LogP contribution in [-0.4, -0.2) is 50.6 Å². The zero-order chi connectivity index (χ0) is 15.2. The first kappa shape index (κ1) is 15.3. The second kappa shape index (κ2) is 7.61. The average molecular weight is 317 g/mol. The van der Waals surface area contributed by atoms with Crippen molar-refractivity contribution in [1.82, 2.24) is 10.2 Å². The minimum atomic E-state index is 0.782. The maximum atomic E-state index is 10.2. The summed E-state index contributed by atoms with van der Waals surface area (Å²) >= 11 is 1.82. The van der Waals surface area contributed by atoms with Gasteiger partial charge in [0.15, 0.2) is 0 Å². The highest BCUT2D eigenvalue weighted by Gasteiger charge is 2.18. The third kappa shape index (κ3) is 3.59. The van der Waals surface area contributed by atoms with Crippen molar-refractivity contribution in [3.05, 3.63) is 29.6 Å². The molecule has 2 heterocycles. The number of hydrogen-bond donors (Lipinski definition) is 1. The number of nitrogens with one attached hydrogen (secondary N) is 1. The fourth-order valence-corrected chi connectivity index (χ4v) is 3.90. The van der Waals surface area contributed by atoms with Crippen molar-refractivity contribution in [3.8, 4) is 0 Å². The maximum absolute atomic E-state index is 10.2. The third-order valence-corrected chi connectivity index (χ3v) is 5.20. The predicted octanol–water partition coefficient (Wildman–Crippen LogP) is 2.55. The average Bonchev–Trinajstić information content (AvgIpc) is 3.04. The van der Waals surface area contributed by atoms with Crippen LogP contribution >= 0.6 is 11.3 Å². The number of piperazine rings is 1. The lowest BCUT2D eigenvalue weighted by molar-refractivity contribution is -0.109. The van der Waals surface area contributed by atoms with E-state index in [1.165, 1.54) is 15.8 Å². The van der Waals surface area contributed by atoms with E-state index in [4.69, 9.17) is 0 Å². The SMILES string of the molecule is O=CNCCCCN1CCN(c2cccc3sccc23)CC1. The minimum Gasteiger partial charge on any atom is -0.368 e. The van der Waals surface area contributed by atoms with Crippen LogP contribution in [0.3, 0.4) is 0 Å². The van der Waals surface area contributed by atoms with Gasteiger partial charge < -0.3 is 10.2 Å². The second-order valence-electron chi connectivity index (χ2n) is 5.72. The van der Waals surface area contributed by atoms with E-state index in [9.17, 15) is 4.79 Å². The Labute approximate surface area is 135 Å². The van der Waals surface area contributed by atoms with E-state index in [-0.39, 0.29) is 0 Å². The number of amides is 1. The topological polar surface area (TPSA) is 35.6 Å². The van der Waals surface area contributed by atoms with Crippen molar-refractivity contribution in [2.24, 2.45) is 0 Å². The molecule has 4 nitrogen and oxygen atoms in total. The summed E-state index contributed by atoms with van der Waals surface area (Å²) in [5.74, 6) is 0. The van der Waals surface area contributed by atoms with E-state index in [2.05, 4.69) is 44.8 Å². The summed E-state index contributed by atoms with van der Waals surface area (Å²) in [4.78, 5) is 15.2. The Morgan fingerprint density at radius 2 is 2.00 bits per heavy atom. The molecule has 5 heteroatoms. The van der Waals surface area contributed by atoms with Gasteiger partial charge in [-0.25, -0.2) is 0 Å². The zero-order valence-electron chi connectivity index (χ0n) is 12.8. The van der Waals surface area contributed by atoms with E-state index in [0.717, 1.165) is 58.5 Å². The Morgan fingerprint density at radius 3 is 2.82 bits per heavy atom. The molecule has 1 fully saturated rings. The number of carbonyl (C=O) groups is 1. The number of carbonyl (C=O) groups excluding carboxylic acids is 1. The lowest BCUT2D eigenvalue weighted by Gasteiger charge is -2.36. The first-order valence-electron chi connectivity index (χ1n) is 7.99. The number of hydrogen-bond acceptors (Lipinski definition) is 4. The van der Waals surface area contributed by atoms with E-state index >= 15 is 0 Å². The lowest BCUT2D eigenvalue weighted by Crippen LogP contribution is -2.46. The molecule has 0 unspecified atom stereocenters. The van der Waals surface area contributed by atoms with Gasteiger partial charge >= 0.3 is 0 Å². The molecule has 2 aromatic rings. The van der Waals surface area contributed by atoms with Crippen molar-refractivity contribution in [1.29, 1.82) is 0 Å². The van der Waals surface area contributed by atoms with Crippen LogP contribution in [0, 0.1) is 0 Å². The summed E-state index contributed by atoms with van der Waals surface area (Å²) in [5.41, 5.74) is 1.38. The van der Waals surface area contributed by atoms with Crippen molar-refractivity contribution < 1.29 is 4.79 Å². The van der Waals surface area contributed by atoms with Gasteiger partial charge in [0.25, 0.3) is 0 Å². The summed E-state index contributed by atoms with van der Waals surface area (Å²) in [6, 6.07) is 8.85. The van der Waals surface area contributed by atoms with Gasteiger partial charge in [-0.15, -0.1) is 11.3 Å². The minimum absolute atomic E-state index is 0.782. The molecule has 0 saturated carbocycles. The molecule has 3 rings (SSSR count). The Kier molecular flexibility index (Phi) is 5.29. The molecule has 0 radical (unpaired) electrons. The van der Waals surface area contributed by atoms with Gasteiger partial charge in [-0.2, -0.15) is 0 Å². The Hall–Kier alpha value is -1.59. The highest BCUT2D eigenvalue weighted by atomic mass is 32.1. The summed E-state index contributed by atoms with van der Waals surface area (Å²) in [5, 5.41) is 6.29. The van der Waals surface area contributed by atoms with Gasteiger partial charge in [0.1, 0.15) is 0 Å². The molecule has 1 aromatic heterocycles. The monoisotopic (exact) mass is 317 g/mol. The largest absolute Gasteiger partial charge is 0.368 e. The van der Waals surface area contributed by atoms with Gasteiger partial charge in [0.05, 0.1) is 0 Å². The van der Waals surface area contributed by atoms with Gasteiger partial charge in [-0.05, 0) is 43.0 Å². The standard InChI is InChI=1S/C17H23N3OS/c21-14-18-7-1-2-8-19-9-11-20(12-10-19)16-4-3-5-17-15(16)6-13-22-17/h3-6,13-14H,1-2,7-12H2,(H,18,21). The van der Waals surface area contributed by atoms with Gasteiger partial charge in [0.2, 0.25) is 6.41 Å². The van der Waals surface area contributed by atoms with Crippen molar-refractivity contribution in [2.75, 3.05) is 44.2 Å². The summed E-state index contributed by atoms with van der Waals surface area (Å²) < 4.78 is 1.38. The molecular weight excluding hydrogens is 294 g/mol. The Balaban J connectivity index is 1.49. The summed E-state index contributed by atoms with van der Waals surface area (Å²) in [6.07, 6.45) is 3.00. The third-order valence-electron chi connectivity index (χ3n) is 4.31. The van der Waals surface area contributed by atoms with Crippen molar-refractivity contribution >= 4 is 33.5 Å². The molecule has 1 amide bonds. The predicted molar refractivity (Wildman–Crippen MR) is 93.8 cm³/mol. The molecule has 0 bridgehead atoms. The maximum Gasteiger partial charge on any atom is 0.207 e. The first-order valence-corrected chi connectivity index (χ1v) is 8.87. The van der Waals surface area contributed by atoms with Crippen molar-refractivity contribution in [2.45, 2.75) is 12.8 Å². The smallest absolute Gasteiger partial charge is 0.207 e.